The third-order valence-electron chi connectivity index (χ3n) is 4.68. The number of carboxylic acid groups (broad SMARTS) is 1. The van der Waals surface area contributed by atoms with Crippen molar-refractivity contribution in [2.75, 3.05) is 31.1 Å². The van der Waals surface area contributed by atoms with Crippen LogP contribution in [0.3, 0.4) is 0 Å². The molecule has 128 valence electrons. The van der Waals surface area contributed by atoms with Gasteiger partial charge in [0.1, 0.15) is 0 Å². The van der Waals surface area contributed by atoms with Gasteiger partial charge >= 0.3 is 12.0 Å². The number of aliphatic carboxylic acids is 1. The minimum absolute atomic E-state index is 0.106. The van der Waals surface area contributed by atoms with Gasteiger partial charge in [-0.15, -0.1) is 0 Å². The summed E-state index contributed by atoms with van der Waals surface area (Å²) >= 11 is 0. The monoisotopic (exact) mass is 331 g/mol. The van der Waals surface area contributed by atoms with Crippen molar-refractivity contribution in [2.24, 2.45) is 0 Å². The van der Waals surface area contributed by atoms with E-state index in [2.05, 4.69) is 5.32 Å². The van der Waals surface area contributed by atoms with Crippen LogP contribution in [0.25, 0.3) is 0 Å². The molecule has 0 radical (unpaired) electrons. The molecule has 2 fully saturated rings. The highest BCUT2D eigenvalue weighted by atomic mass is 16.4. The first-order valence-electron chi connectivity index (χ1n) is 8.18. The average Bonchev–Trinajstić information content (AvgIpc) is 2.55. The first-order valence-corrected chi connectivity index (χ1v) is 8.18. The van der Waals surface area contributed by atoms with Crippen molar-refractivity contribution in [3.63, 3.8) is 0 Å². The maximum atomic E-state index is 11.9. The van der Waals surface area contributed by atoms with Crippen molar-refractivity contribution in [3.05, 3.63) is 29.8 Å². The Morgan fingerprint density at radius 1 is 1.12 bits per heavy atom. The zero-order chi connectivity index (χ0) is 17.1. The predicted octanol–water partition coefficient (Wildman–Crippen LogP) is 1.40. The number of nitrogens with zero attached hydrogens (tertiary/aromatic N) is 2. The summed E-state index contributed by atoms with van der Waals surface area (Å²) in [6.07, 6.45) is 2.19. The van der Waals surface area contributed by atoms with Crippen molar-refractivity contribution in [1.82, 2.24) is 10.2 Å². The molecular formula is C17H21N3O4. The smallest absolute Gasteiger partial charge is 0.328 e. The molecule has 2 aliphatic heterocycles. The Hall–Kier alpha value is -2.41. The van der Waals surface area contributed by atoms with Gasteiger partial charge in [-0.3, -0.25) is 24.7 Å². The van der Waals surface area contributed by atoms with Gasteiger partial charge in [-0.25, -0.2) is 4.79 Å². The second-order valence-electron chi connectivity index (χ2n) is 6.29. The zero-order valence-corrected chi connectivity index (χ0v) is 13.4. The van der Waals surface area contributed by atoms with Crippen LogP contribution in [0.2, 0.25) is 0 Å². The lowest BCUT2D eigenvalue weighted by atomic mass is 9.89. The van der Waals surface area contributed by atoms with E-state index in [1.165, 1.54) is 5.56 Å². The fourth-order valence-corrected chi connectivity index (χ4v) is 3.35. The summed E-state index contributed by atoms with van der Waals surface area (Å²) < 4.78 is 0. The summed E-state index contributed by atoms with van der Waals surface area (Å²) in [6, 6.07) is 7.50. The van der Waals surface area contributed by atoms with E-state index in [0.29, 0.717) is 18.9 Å². The summed E-state index contributed by atoms with van der Waals surface area (Å²) in [6.45, 7) is 2.08. The average molecular weight is 331 g/mol. The van der Waals surface area contributed by atoms with E-state index in [1.807, 2.05) is 29.2 Å². The largest absolute Gasteiger partial charge is 0.480 e. The van der Waals surface area contributed by atoms with Gasteiger partial charge in [0.2, 0.25) is 5.91 Å². The van der Waals surface area contributed by atoms with E-state index < -0.39 is 5.97 Å². The Morgan fingerprint density at radius 3 is 2.38 bits per heavy atom. The van der Waals surface area contributed by atoms with E-state index in [1.54, 1.807) is 4.90 Å². The standard InChI is InChI=1S/C17H21N3O4/c21-15-7-10-20(17(24)18-15)14-3-1-12(2-4-14)13-5-8-19(9-6-13)11-16(22)23/h1-4,13H,5-11H2,(H,22,23)(H,18,21,24). The summed E-state index contributed by atoms with van der Waals surface area (Å²) in [5.41, 5.74) is 1.99. The number of benzene rings is 1. The number of carbonyl (C=O) groups is 3. The van der Waals surface area contributed by atoms with Crippen LogP contribution in [0.1, 0.15) is 30.7 Å². The van der Waals surface area contributed by atoms with Crippen LogP contribution in [0.4, 0.5) is 10.5 Å². The topological polar surface area (TPSA) is 89.9 Å². The second kappa shape index (κ2) is 7.00. The van der Waals surface area contributed by atoms with Crippen LogP contribution in [0.5, 0.6) is 0 Å². The highest BCUT2D eigenvalue weighted by Crippen LogP contribution is 2.29. The summed E-state index contributed by atoms with van der Waals surface area (Å²) in [5.74, 6) is -0.599. The molecule has 0 saturated carbocycles. The van der Waals surface area contributed by atoms with E-state index >= 15 is 0 Å². The lowest BCUT2D eigenvalue weighted by Crippen LogP contribution is -2.49. The lowest BCUT2D eigenvalue weighted by Gasteiger charge is -2.31. The zero-order valence-electron chi connectivity index (χ0n) is 13.4. The number of imide groups is 1. The molecule has 0 atom stereocenters. The predicted molar refractivity (Wildman–Crippen MR) is 88.0 cm³/mol. The van der Waals surface area contributed by atoms with Crippen LogP contribution in [0.15, 0.2) is 24.3 Å². The molecule has 2 heterocycles. The maximum Gasteiger partial charge on any atom is 0.328 e. The first-order chi connectivity index (χ1) is 11.5. The fraction of sp³-hybridized carbons (Fsp3) is 0.471. The SMILES string of the molecule is O=C(O)CN1CCC(c2ccc(N3CCC(=O)NC3=O)cc2)CC1. The van der Waals surface area contributed by atoms with E-state index in [-0.39, 0.29) is 18.5 Å². The molecule has 0 aliphatic carbocycles. The molecule has 0 spiro atoms. The van der Waals surface area contributed by atoms with E-state index in [9.17, 15) is 14.4 Å². The highest BCUT2D eigenvalue weighted by Gasteiger charge is 2.25. The molecule has 1 aromatic carbocycles. The lowest BCUT2D eigenvalue weighted by molar-refractivity contribution is -0.138. The number of urea groups is 1. The number of rotatable bonds is 4. The van der Waals surface area contributed by atoms with Gasteiger partial charge in [-0.2, -0.15) is 0 Å². The third-order valence-corrected chi connectivity index (χ3v) is 4.68. The summed E-state index contributed by atoms with van der Waals surface area (Å²) in [4.78, 5) is 37.3. The highest BCUT2D eigenvalue weighted by molar-refractivity contribution is 6.05. The number of anilines is 1. The van der Waals surface area contributed by atoms with Crippen molar-refractivity contribution in [1.29, 1.82) is 0 Å². The van der Waals surface area contributed by atoms with Gasteiger partial charge in [0.25, 0.3) is 0 Å². The summed E-state index contributed by atoms with van der Waals surface area (Å²) in [5, 5.41) is 11.2. The minimum Gasteiger partial charge on any atom is -0.480 e. The van der Waals surface area contributed by atoms with Crippen LogP contribution in [-0.2, 0) is 9.59 Å². The molecule has 24 heavy (non-hydrogen) atoms. The molecule has 0 unspecified atom stereocenters. The number of nitrogens with one attached hydrogen (secondary N) is 1. The van der Waals surface area contributed by atoms with Crippen LogP contribution in [0, 0.1) is 0 Å². The molecule has 3 amide bonds. The molecule has 0 aromatic heterocycles. The van der Waals surface area contributed by atoms with Crippen molar-refractivity contribution in [2.45, 2.75) is 25.2 Å². The van der Waals surface area contributed by atoms with Gasteiger partial charge in [0.05, 0.1) is 6.54 Å². The van der Waals surface area contributed by atoms with E-state index in [0.717, 1.165) is 31.6 Å². The minimum atomic E-state index is -0.781. The van der Waals surface area contributed by atoms with Crippen LogP contribution < -0.4 is 10.2 Å². The molecule has 3 rings (SSSR count). The van der Waals surface area contributed by atoms with Gasteiger partial charge in [-0.1, -0.05) is 12.1 Å². The normalized spacial score (nSPS) is 20.1. The Balaban J connectivity index is 1.60. The van der Waals surface area contributed by atoms with Crippen molar-refractivity contribution >= 4 is 23.6 Å². The molecule has 2 N–H and O–H groups in total. The fourth-order valence-electron chi connectivity index (χ4n) is 3.35. The Labute approximate surface area is 140 Å². The van der Waals surface area contributed by atoms with Gasteiger partial charge in [0.15, 0.2) is 0 Å². The van der Waals surface area contributed by atoms with Crippen LogP contribution >= 0.6 is 0 Å². The first kappa shape index (κ1) is 16.4. The second-order valence-corrected chi connectivity index (χ2v) is 6.29. The van der Waals surface area contributed by atoms with Crippen molar-refractivity contribution < 1.29 is 19.5 Å². The number of likely N-dealkylation sites (tertiary alicyclic amines) is 1. The Bertz CT molecular complexity index is 636. The van der Waals surface area contributed by atoms with Gasteiger partial charge in [-0.05, 0) is 49.5 Å². The van der Waals surface area contributed by atoms with Crippen molar-refractivity contribution in [3.8, 4) is 0 Å². The van der Waals surface area contributed by atoms with E-state index in [4.69, 9.17) is 5.11 Å². The molecule has 2 saturated heterocycles. The summed E-state index contributed by atoms with van der Waals surface area (Å²) in [7, 11) is 0. The molecule has 7 heteroatoms. The number of carboxylic acids is 1. The number of piperidine rings is 1. The quantitative estimate of drug-likeness (QED) is 0.870. The molecule has 0 bridgehead atoms. The Morgan fingerprint density at radius 2 is 1.79 bits per heavy atom. The molecule has 1 aromatic rings. The third kappa shape index (κ3) is 3.73. The number of hydrogen-bond acceptors (Lipinski definition) is 4. The Kier molecular flexibility index (Phi) is 4.80. The maximum absolute atomic E-state index is 11.9. The number of hydrogen-bond donors (Lipinski definition) is 2. The van der Waals surface area contributed by atoms with Gasteiger partial charge in [0, 0.05) is 18.7 Å². The number of amides is 3. The number of carbonyl (C=O) groups excluding carboxylic acids is 2. The molecular weight excluding hydrogens is 310 g/mol. The van der Waals surface area contributed by atoms with Crippen LogP contribution in [-0.4, -0.2) is 54.1 Å². The molecule has 7 nitrogen and oxygen atoms in total. The molecule has 2 aliphatic rings. The van der Waals surface area contributed by atoms with Gasteiger partial charge < -0.3 is 5.11 Å².